The van der Waals surface area contributed by atoms with Gasteiger partial charge < -0.3 is 31.6 Å². The first-order valence-electron chi connectivity index (χ1n) is 12.3. The van der Waals surface area contributed by atoms with E-state index in [1.165, 1.54) is 0 Å². The van der Waals surface area contributed by atoms with Crippen molar-refractivity contribution in [3.63, 3.8) is 0 Å². The Kier molecular flexibility index (Phi) is 7.92. The zero-order valence-electron chi connectivity index (χ0n) is 20.8. The van der Waals surface area contributed by atoms with Crippen molar-refractivity contribution in [2.24, 2.45) is 22.6 Å². The number of hydrazone groups is 1. The van der Waals surface area contributed by atoms with Crippen LogP contribution in [0.15, 0.2) is 52.0 Å². The van der Waals surface area contributed by atoms with Gasteiger partial charge in [-0.2, -0.15) is 5.10 Å². The number of allylic oxidation sites excluding steroid dienone is 4. The Morgan fingerprint density at radius 1 is 1.25 bits per heavy atom. The number of amidine groups is 1. The highest BCUT2D eigenvalue weighted by Crippen LogP contribution is 2.52. The molecule has 0 amide bonds. The molecule has 9 heteroatoms. The maximum atomic E-state index is 14.3. The Labute approximate surface area is 211 Å². The summed E-state index contributed by atoms with van der Waals surface area (Å²) in [6.07, 6.45) is 10.9. The van der Waals surface area contributed by atoms with E-state index in [0.29, 0.717) is 37.8 Å². The summed E-state index contributed by atoms with van der Waals surface area (Å²) in [5.74, 6) is 6.86. The Balaban J connectivity index is 0.00000304. The highest BCUT2D eigenvalue weighted by atomic mass is 19.1. The Morgan fingerprint density at radius 3 is 2.81 bits per heavy atom. The van der Waals surface area contributed by atoms with Crippen molar-refractivity contribution in [2.75, 3.05) is 0 Å². The van der Waals surface area contributed by atoms with E-state index in [1.807, 2.05) is 43.3 Å². The van der Waals surface area contributed by atoms with Crippen LogP contribution in [0.3, 0.4) is 0 Å². The molecule has 8 nitrogen and oxygen atoms in total. The number of aryl methyl sites for hydroxylation is 1. The molecule has 4 atom stereocenters. The fourth-order valence-electron chi connectivity index (χ4n) is 4.93. The summed E-state index contributed by atoms with van der Waals surface area (Å²) in [6.45, 7) is 2.80. The quantitative estimate of drug-likeness (QED) is 0.156. The molecule has 36 heavy (non-hydrogen) atoms. The molecule has 1 aromatic heterocycles. The molecular weight excluding hydrogens is 461 g/mol. The van der Waals surface area contributed by atoms with Crippen molar-refractivity contribution >= 4 is 11.4 Å². The number of nitrogens with zero attached hydrogens (tertiary/aromatic N) is 2. The van der Waals surface area contributed by atoms with Gasteiger partial charge in [0.05, 0.1) is 25.4 Å². The van der Waals surface area contributed by atoms with Crippen LogP contribution < -0.4 is 17.7 Å². The number of alkyl halides is 1. The molecule has 5 rings (SSSR count). The molecule has 0 radical (unpaired) electrons. The zero-order chi connectivity index (χ0) is 24.4. The van der Waals surface area contributed by atoms with Crippen LogP contribution in [0.25, 0.3) is 5.57 Å². The summed E-state index contributed by atoms with van der Waals surface area (Å²) >= 11 is 0. The van der Waals surface area contributed by atoms with Gasteiger partial charge in [-0.05, 0) is 57.1 Å². The lowest BCUT2D eigenvalue weighted by molar-refractivity contribution is -0.0562. The van der Waals surface area contributed by atoms with Gasteiger partial charge >= 0.3 is 0 Å². The fourth-order valence-corrected chi connectivity index (χ4v) is 4.93. The van der Waals surface area contributed by atoms with E-state index in [-0.39, 0.29) is 24.3 Å². The minimum atomic E-state index is -1.16. The van der Waals surface area contributed by atoms with Crippen LogP contribution in [0.5, 0.6) is 0 Å². The van der Waals surface area contributed by atoms with Crippen LogP contribution in [-0.2, 0) is 22.7 Å². The van der Waals surface area contributed by atoms with Gasteiger partial charge in [-0.1, -0.05) is 36.4 Å². The van der Waals surface area contributed by atoms with Gasteiger partial charge in [0.2, 0.25) is 5.89 Å². The summed E-state index contributed by atoms with van der Waals surface area (Å²) < 4.78 is 32.7. The first-order chi connectivity index (χ1) is 16.9. The maximum absolute atomic E-state index is 14.3. The number of nitrogens with two attached hydrogens (primary N) is 2. The molecular formula is C27H36FN5O3. The minimum Gasteiger partial charge on any atom is -0.441 e. The maximum Gasteiger partial charge on any atom is 0.222 e. The average molecular weight is 498 g/mol. The number of hydrogen-bond donors (Lipinski definition) is 3. The molecule has 0 spiro atoms. The molecule has 0 bridgehead atoms. The van der Waals surface area contributed by atoms with Gasteiger partial charge in [0.15, 0.2) is 0 Å². The van der Waals surface area contributed by atoms with E-state index < -0.39 is 5.67 Å². The smallest absolute Gasteiger partial charge is 0.222 e. The van der Waals surface area contributed by atoms with Gasteiger partial charge in [-0.3, -0.25) is 0 Å². The van der Waals surface area contributed by atoms with Crippen molar-refractivity contribution in [3.05, 3.63) is 71.0 Å². The van der Waals surface area contributed by atoms with E-state index in [1.54, 1.807) is 6.08 Å². The van der Waals surface area contributed by atoms with Crippen molar-refractivity contribution in [1.82, 2.24) is 11.1 Å². The third-order valence-electron chi connectivity index (χ3n) is 7.17. The van der Waals surface area contributed by atoms with E-state index in [4.69, 9.17) is 25.5 Å². The molecule has 4 unspecified atom stereocenters. The van der Waals surface area contributed by atoms with Crippen molar-refractivity contribution in [2.45, 2.75) is 76.5 Å². The number of halogens is 1. The predicted octanol–water partition coefficient (Wildman–Crippen LogP) is 4.84. The first kappa shape index (κ1) is 26.1. The fraction of sp³-hybridized carbons (Fsp3) is 0.481. The summed E-state index contributed by atoms with van der Waals surface area (Å²) in [6, 6.07) is 7.75. The minimum absolute atomic E-state index is 0. The van der Waals surface area contributed by atoms with Crippen LogP contribution in [0.1, 0.15) is 67.0 Å². The second kappa shape index (κ2) is 10.9. The third-order valence-corrected chi connectivity index (χ3v) is 7.17. The summed E-state index contributed by atoms with van der Waals surface area (Å²) in [4.78, 5) is 4.68. The standard InChI is InChI=1S/C27H33FN4O3.H3N/c1-17-24(31-26(35-17)20-7-4-10-27(28)14-21(27)12-20)16-34-23-9-3-8-22(13-23)33-15-18-5-2-6-19(11-18)25(29)32-30;/h2,4-6,10-12,21-23H,3,7-9,13-16,30H2,1H3,(H2,29,32);1H3. The van der Waals surface area contributed by atoms with E-state index in [2.05, 4.69) is 10.1 Å². The van der Waals surface area contributed by atoms with Crippen molar-refractivity contribution in [3.8, 4) is 0 Å². The van der Waals surface area contributed by atoms with E-state index >= 15 is 0 Å². The predicted molar refractivity (Wildman–Crippen MR) is 137 cm³/mol. The summed E-state index contributed by atoms with van der Waals surface area (Å²) in [7, 11) is 0. The monoisotopic (exact) mass is 497 g/mol. The summed E-state index contributed by atoms with van der Waals surface area (Å²) in [5, 5.41) is 3.56. The number of ether oxygens (including phenoxy) is 2. The average Bonchev–Trinajstić information content (AvgIpc) is 3.40. The SMILES string of the molecule is Cc1oc(C2=CC3CC3(F)C=CC2)nc1COC1CCCC(OCc2cccc(/C(N)=N/N)c2)C1.N. The van der Waals surface area contributed by atoms with Crippen molar-refractivity contribution < 1.29 is 18.3 Å². The highest BCUT2D eigenvalue weighted by molar-refractivity contribution is 5.97. The van der Waals surface area contributed by atoms with Crippen LogP contribution in [0.4, 0.5) is 4.39 Å². The van der Waals surface area contributed by atoms with Crippen LogP contribution in [0, 0.1) is 12.8 Å². The first-order valence-corrected chi connectivity index (χ1v) is 12.3. The Bertz CT molecular complexity index is 1160. The van der Waals surface area contributed by atoms with Gasteiger partial charge in [0.1, 0.15) is 23.0 Å². The van der Waals surface area contributed by atoms with Gasteiger partial charge in [-0.15, -0.1) is 0 Å². The molecule has 1 aromatic carbocycles. The van der Waals surface area contributed by atoms with Crippen molar-refractivity contribution in [1.29, 1.82) is 0 Å². The van der Waals surface area contributed by atoms with E-state index in [9.17, 15) is 4.39 Å². The Morgan fingerprint density at radius 2 is 2.03 bits per heavy atom. The second-order valence-corrected chi connectivity index (χ2v) is 9.81. The largest absolute Gasteiger partial charge is 0.441 e. The molecule has 0 aliphatic heterocycles. The number of aromatic nitrogens is 1. The molecule has 1 heterocycles. The molecule has 3 aliphatic rings. The zero-order valence-corrected chi connectivity index (χ0v) is 20.8. The number of hydrogen-bond acceptors (Lipinski definition) is 7. The van der Waals surface area contributed by atoms with E-state index in [0.717, 1.165) is 53.8 Å². The summed E-state index contributed by atoms with van der Waals surface area (Å²) in [5.41, 5.74) is 8.22. The molecule has 7 N–H and O–H groups in total. The molecule has 2 fully saturated rings. The van der Waals surface area contributed by atoms with Crippen LogP contribution in [-0.4, -0.2) is 28.7 Å². The second-order valence-electron chi connectivity index (χ2n) is 9.81. The molecule has 2 saturated carbocycles. The van der Waals surface area contributed by atoms with Gasteiger partial charge in [-0.25, -0.2) is 9.37 Å². The lowest BCUT2D eigenvalue weighted by Gasteiger charge is -2.29. The third kappa shape index (κ3) is 5.86. The highest BCUT2D eigenvalue weighted by Gasteiger charge is 2.52. The molecule has 0 saturated heterocycles. The number of rotatable bonds is 8. The molecule has 2 aromatic rings. The Hall–Kier alpha value is -3.01. The van der Waals surface area contributed by atoms with Gasteiger partial charge in [0.25, 0.3) is 0 Å². The lowest BCUT2D eigenvalue weighted by Crippen LogP contribution is -2.28. The van der Waals surface area contributed by atoms with Gasteiger partial charge in [0, 0.05) is 17.1 Å². The number of benzene rings is 1. The topological polar surface area (TPSA) is 144 Å². The normalized spacial score (nSPS) is 27.6. The number of oxazole rings is 1. The molecule has 194 valence electrons. The number of fused-ring (bicyclic) bond motifs is 1. The lowest BCUT2D eigenvalue weighted by atomic mass is 9.95. The molecule has 3 aliphatic carbocycles. The van der Waals surface area contributed by atoms with Crippen LogP contribution >= 0.6 is 0 Å². The van der Waals surface area contributed by atoms with Crippen LogP contribution in [0.2, 0.25) is 0 Å².